The van der Waals surface area contributed by atoms with Crippen molar-refractivity contribution in [2.75, 3.05) is 19.8 Å². The standard InChI is InChI=1S/C23H27FN2O3/c1-15(17-5-8-19(24)9-6-17)25-23(27)16(2)26-11-3-4-20(26)18-7-10-21-22(14-18)29-13-12-28-21/h5-10,14-16,20H,3-4,11-13H2,1-2H3,(H,25,27)/t15-,16-,20-/m0/s1. The van der Waals surface area contributed by atoms with Gasteiger partial charge in [-0.05, 0) is 68.6 Å². The summed E-state index contributed by atoms with van der Waals surface area (Å²) in [5.74, 6) is 1.26. The van der Waals surface area contributed by atoms with Gasteiger partial charge in [0.25, 0.3) is 0 Å². The van der Waals surface area contributed by atoms with E-state index in [1.807, 2.05) is 26.0 Å². The molecule has 0 spiro atoms. The summed E-state index contributed by atoms with van der Waals surface area (Å²) in [7, 11) is 0. The smallest absolute Gasteiger partial charge is 0.237 e. The van der Waals surface area contributed by atoms with Crippen molar-refractivity contribution in [2.24, 2.45) is 0 Å². The quantitative estimate of drug-likeness (QED) is 0.827. The van der Waals surface area contributed by atoms with Gasteiger partial charge in [0.15, 0.2) is 11.5 Å². The Morgan fingerprint density at radius 1 is 1.10 bits per heavy atom. The molecule has 0 aromatic heterocycles. The lowest BCUT2D eigenvalue weighted by Crippen LogP contribution is -2.45. The molecule has 2 aromatic rings. The van der Waals surface area contributed by atoms with Crippen LogP contribution in [-0.2, 0) is 4.79 Å². The number of ether oxygens (including phenoxy) is 2. The second-order valence-electron chi connectivity index (χ2n) is 7.76. The Kier molecular flexibility index (Phi) is 5.72. The van der Waals surface area contributed by atoms with E-state index in [9.17, 15) is 9.18 Å². The third-order valence-electron chi connectivity index (χ3n) is 5.85. The average Bonchev–Trinajstić information content (AvgIpc) is 3.23. The number of rotatable bonds is 5. The van der Waals surface area contributed by atoms with Crippen LogP contribution in [0.15, 0.2) is 42.5 Å². The molecule has 154 valence electrons. The van der Waals surface area contributed by atoms with Crippen molar-refractivity contribution >= 4 is 5.91 Å². The van der Waals surface area contributed by atoms with Crippen molar-refractivity contribution in [3.05, 3.63) is 59.4 Å². The molecule has 1 fully saturated rings. The van der Waals surface area contributed by atoms with Gasteiger partial charge in [-0.2, -0.15) is 0 Å². The Bertz CT molecular complexity index is 871. The molecular weight excluding hydrogens is 371 g/mol. The van der Waals surface area contributed by atoms with Gasteiger partial charge in [0.1, 0.15) is 19.0 Å². The monoisotopic (exact) mass is 398 g/mol. The number of carbonyl (C=O) groups is 1. The van der Waals surface area contributed by atoms with Crippen LogP contribution in [0.5, 0.6) is 11.5 Å². The van der Waals surface area contributed by atoms with E-state index in [1.54, 1.807) is 12.1 Å². The highest BCUT2D eigenvalue weighted by Gasteiger charge is 2.34. The van der Waals surface area contributed by atoms with E-state index in [0.29, 0.717) is 13.2 Å². The number of hydrogen-bond acceptors (Lipinski definition) is 4. The van der Waals surface area contributed by atoms with Gasteiger partial charge in [-0.1, -0.05) is 18.2 Å². The number of nitrogens with zero attached hydrogens (tertiary/aromatic N) is 1. The molecule has 6 heteroatoms. The molecule has 1 amide bonds. The number of benzene rings is 2. The zero-order valence-corrected chi connectivity index (χ0v) is 16.9. The van der Waals surface area contributed by atoms with Gasteiger partial charge in [0.2, 0.25) is 5.91 Å². The van der Waals surface area contributed by atoms with Gasteiger partial charge < -0.3 is 14.8 Å². The van der Waals surface area contributed by atoms with Gasteiger partial charge in [-0.15, -0.1) is 0 Å². The average molecular weight is 398 g/mol. The lowest BCUT2D eigenvalue weighted by molar-refractivity contribution is -0.126. The SMILES string of the molecule is C[C@H](NC(=O)[C@H](C)N1CCC[C@H]1c1ccc2c(c1)OCCO2)c1ccc(F)cc1. The fourth-order valence-electron chi connectivity index (χ4n) is 4.20. The molecular formula is C23H27FN2O3. The van der Waals surface area contributed by atoms with Crippen molar-refractivity contribution in [1.29, 1.82) is 0 Å². The van der Waals surface area contributed by atoms with Crippen molar-refractivity contribution in [3.63, 3.8) is 0 Å². The summed E-state index contributed by atoms with van der Waals surface area (Å²) in [5.41, 5.74) is 2.04. The maximum atomic E-state index is 13.1. The van der Waals surface area contributed by atoms with Crippen LogP contribution in [0.25, 0.3) is 0 Å². The van der Waals surface area contributed by atoms with E-state index in [1.165, 1.54) is 12.1 Å². The number of hydrogen-bond donors (Lipinski definition) is 1. The van der Waals surface area contributed by atoms with Crippen molar-refractivity contribution < 1.29 is 18.7 Å². The molecule has 0 bridgehead atoms. The topological polar surface area (TPSA) is 50.8 Å². The molecule has 0 aliphatic carbocycles. The minimum absolute atomic E-state index is 0.0220. The second-order valence-corrected chi connectivity index (χ2v) is 7.76. The minimum atomic E-state index is -0.278. The molecule has 29 heavy (non-hydrogen) atoms. The minimum Gasteiger partial charge on any atom is -0.486 e. The number of likely N-dealkylation sites (tertiary alicyclic amines) is 1. The van der Waals surface area contributed by atoms with Crippen LogP contribution in [0.2, 0.25) is 0 Å². The van der Waals surface area contributed by atoms with E-state index in [4.69, 9.17) is 9.47 Å². The Morgan fingerprint density at radius 3 is 2.59 bits per heavy atom. The van der Waals surface area contributed by atoms with Crippen molar-refractivity contribution in [2.45, 2.75) is 44.8 Å². The highest BCUT2D eigenvalue weighted by atomic mass is 19.1. The highest BCUT2D eigenvalue weighted by molar-refractivity contribution is 5.81. The van der Waals surface area contributed by atoms with Crippen LogP contribution < -0.4 is 14.8 Å². The molecule has 2 aliphatic heterocycles. The van der Waals surface area contributed by atoms with E-state index in [-0.39, 0.29) is 29.8 Å². The zero-order valence-electron chi connectivity index (χ0n) is 16.9. The van der Waals surface area contributed by atoms with Gasteiger partial charge in [-0.3, -0.25) is 9.69 Å². The second kappa shape index (κ2) is 8.41. The Balaban J connectivity index is 1.45. The number of halogens is 1. The maximum Gasteiger partial charge on any atom is 0.237 e. The summed E-state index contributed by atoms with van der Waals surface area (Å²) >= 11 is 0. The normalized spacial score (nSPS) is 20.9. The molecule has 3 atom stereocenters. The predicted octanol–water partition coefficient (Wildman–Crippen LogP) is 4.00. The van der Waals surface area contributed by atoms with Gasteiger partial charge in [-0.25, -0.2) is 4.39 Å². The molecule has 1 saturated heterocycles. The Morgan fingerprint density at radius 2 is 1.83 bits per heavy atom. The van der Waals surface area contributed by atoms with Gasteiger partial charge >= 0.3 is 0 Å². The molecule has 4 rings (SSSR count). The number of fused-ring (bicyclic) bond motifs is 1. The number of amides is 1. The highest BCUT2D eigenvalue weighted by Crippen LogP contribution is 2.39. The first-order valence-corrected chi connectivity index (χ1v) is 10.2. The molecule has 5 nitrogen and oxygen atoms in total. The third kappa shape index (κ3) is 4.22. The first-order valence-electron chi connectivity index (χ1n) is 10.2. The maximum absolute atomic E-state index is 13.1. The summed E-state index contributed by atoms with van der Waals surface area (Å²) in [5, 5.41) is 3.07. The van der Waals surface area contributed by atoms with Gasteiger partial charge in [0, 0.05) is 6.04 Å². The molecule has 2 aliphatic rings. The molecule has 0 saturated carbocycles. The predicted molar refractivity (Wildman–Crippen MR) is 109 cm³/mol. The van der Waals surface area contributed by atoms with Crippen LogP contribution in [0, 0.1) is 5.82 Å². The first-order chi connectivity index (χ1) is 14.0. The number of nitrogens with one attached hydrogen (secondary N) is 1. The third-order valence-corrected chi connectivity index (χ3v) is 5.85. The summed E-state index contributed by atoms with van der Waals surface area (Å²) < 4.78 is 24.5. The van der Waals surface area contributed by atoms with Gasteiger partial charge in [0.05, 0.1) is 12.1 Å². The summed E-state index contributed by atoms with van der Waals surface area (Å²) in [6.45, 7) is 5.87. The van der Waals surface area contributed by atoms with Crippen molar-refractivity contribution in [3.8, 4) is 11.5 Å². The van der Waals surface area contributed by atoms with Crippen LogP contribution in [0.3, 0.4) is 0 Å². The van der Waals surface area contributed by atoms with E-state index >= 15 is 0 Å². The summed E-state index contributed by atoms with van der Waals surface area (Å²) in [6, 6.07) is 12.1. The molecule has 0 unspecified atom stereocenters. The van der Waals surface area contributed by atoms with Crippen molar-refractivity contribution in [1.82, 2.24) is 10.2 Å². The molecule has 2 heterocycles. The van der Waals surface area contributed by atoms with Crippen LogP contribution in [-0.4, -0.2) is 36.6 Å². The lowest BCUT2D eigenvalue weighted by Gasteiger charge is -2.31. The van der Waals surface area contributed by atoms with E-state index < -0.39 is 0 Å². The molecule has 1 N–H and O–H groups in total. The molecule has 2 aromatic carbocycles. The zero-order chi connectivity index (χ0) is 20.4. The first kappa shape index (κ1) is 19.7. The summed E-state index contributed by atoms with van der Waals surface area (Å²) in [4.78, 5) is 15.2. The van der Waals surface area contributed by atoms with Crippen LogP contribution in [0.4, 0.5) is 4.39 Å². The fraction of sp³-hybridized carbons (Fsp3) is 0.435. The fourth-order valence-corrected chi connectivity index (χ4v) is 4.20. The van der Waals surface area contributed by atoms with Crippen LogP contribution in [0.1, 0.15) is 49.9 Å². The lowest BCUT2D eigenvalue weighted by atomic mass is 10.0. The van der Waals surface area contributed by atoms with E-state index in [2.05, 4.69) is 16.3 Å². The van der Waals surface area contributed by atoms with E-state index in [0.717, 1.165) is 42.0 Å². The summed E-state index contributed by atoms with van der Waals surface area (Å²) in [6.07, 6.45) is 2.05. The Hall–Kier alpha value is -2.60. The largest absolute Gasteiger partial charge is 0.486 e. The Labute approximate surface area is 170 Å². The number of carbonyl (C=O) groups excluding carboxylic acids is 1. The van der Waals surface area contributed by atoms with Crippen LogP contribution >= 0.6 is 0 Å². The molecule has 0 radical (unpaired) electrons.